The van der Waals surface area contributed by atoms with Crippen molar-refractivity contribution in [3.63, 3.8) is 0 Å². The Morgan fingerprint density at radius 3 is 2.80 bits per heavy atom. The van der Waals surface area contributed by atoms with Crippen LogP contribution in [-0.2, 0) is 4.74 Å². The van der Waals surface area contributed by atoms with Crippen LogP contribution in [0.15, 0.2) is 6.20 Å². The van der Waals surface area contributed by atoms with Crippen molar-refractivity contribution in [1.82, 2.24) is 9.55 Å². The summed E-state index contributed by atoms with van der Waals surface area (Å²) in [6, 6.07) is 0.639. The lowest BCUT2D eigenvalue weighted by Crippen LogP contribution is -2.15. The molecule has 1 aromatic heterocycles. The third-order valence-electron chi connectivity index (χ3n) is 3.94. The third kappa shape index (κ3) is 4.51. The number of hydrogen-bond donors (Lipinski definition) is 1. The molecule has 0 spiro atoms. The Labute approximate surface area is 122 Å². The first-order valence-corrected chi connectivity index (χ1v) is 8.04. The Bertz CT molecular complexity index is 394. The number of nitrogens with one attached hydrogen (secondary N) is 1. The Hall–Kier alpha value is -1.03. The van der Waals surface area contributed by atoms with Gasteiger partial charge in [0, 0.05) is 25.4 Å². The maximum atomic E-state index is 5.64. The lowest BCUT2D eigenvalue weighted by Gasteiger charge is -2.15. The zero-order chi connectivity index (χ0) is 14.4. The zero-order valence-corrected chi connectivity index (χ0v) is 13.2. The Kier molecular flexibility index (Phi) is 5.89. The molecule has 0 aliphatic heterocycles. The van der Waals surface area contributed by atoms with Crippen LogP contribution in [0.25, 0.3) is 0 Å². The normalized spacial score (nSPS) is 16.2. The van der Waals surface area contributed by atoms with Gasteiger partial charge in [-0.3, -0.25) is 0 Å². The van der Waals surface area contributed by atoms with Crippen LogP contribution in [0, 0.1) is 12.8 Å². The Morgan fingerprint density at radius 1 is 1.35 bits per heavy atom. The molecule has 0 saturated heterocycles. The molecule has 1 N–H and O–H groups in total. The van der Waals surface area contributed by atoms with Crippen LogP contribution in [0.4, 0.5) is 5.95 Å². The zero-order valence-electron chi connectivity index (χ0n) is 13.2. The van der Waals surface area contributed by atoms with Crippen LogP contribution in [-0.4, -0.2) is 29.3 Å². The monoisotopic (exact) mass is 279 g/mol. The number of aromatic nitrogens is 2. The van der Waals surface area contributed by atoms with Crippen LogP contribution < -0.4 is 5.32 Å². The fourth-order valence-corrected chi connectivity index (χ4v) is 2.76. The molecule has 1 aliphatic rings. The molecule has 1 heterocycles. The predicted molar refractivity (Wildman–Crippen MR) is 83.2 cm³/mol. The summed E-state index contributed by atoms with van der Waals surface area (Å²) >= 11 is 0. The molecular formula is C16H29N3O. The predicted octanol–water partition coefficient (Wildman–Crippen LogP) is 3.78. The number of imidazole rings is 1. The maximum absolute atomic E-state index is 5.64. The van der Waals surface area contributed by atoms with Crippen LogP contribution in [0.5, 0.6) is 0 Å². The van der Waals surface area contributed by atoms with E-state index >= 15 is 0 Å². The van der Waals surface area contributed by atoms with E-state index in [-0.39, 0.29) is 0 Å². The molecule has 4 heteroatoms. The lowest BCUT2D eigenvalue weighted by molar-refractivity contribution is 0.132. The van der Waals surface area contributed by atoms with Crippen LogP contribution in [0.3, 0.4) is 0 Å². The molecule has 1 aromatic rings. The van der Waals surface area contributed by atoms with Crippen molar-refractivity contribution < 1.29 is 4.74 Å². The fourth-order valence-electron chi connectivity index (χ4n) is 2.76. The minimum Gasteiger partial charge on any atom is -0.380 e. The highest BCUT2D eigenvalue weighted by atomic mass is 16.5. The third-order valence-corrected chi connectivity index (χ3v) is 3.94. The molecule has 114 valence electrons. The summed E-state index contributed by atoms with van der Waals surface area (Å²) in [6.45, 7) is 8.96. The standard InChI is InChI=1S/C16H29N3O/c1-13(2)8-10-20-11-9-17-16-18-14(3)12-19(16)15-6-4-5-7-15/h12-13,15H,4-11H2,1-3H3,(H,17,18). The summed E-state index contributed by atoms with van der Waals surface area (Å²) in [7, 11) is 0. The van der Waals surface area contributed by atoms with Gasteiger partial charge >= 0.3 is 0 Å². The van der Waals surface area contributed by atoms with Crippen molar-refractivity contribution >= 4 is 5.95 Å². The number of anilines is 1. The van der Waals surface area contributed by atoms with Gasteiger partial charge in [-0.2, -0.15) is 0 Å². The van der Waals surface area contributed by atoms with Gasteiger partial charge in [-0.15, -0.1) is 0 Å². The van der Waals surface area contributed by atoms with Gasteiger partial charge in [0.05, 0.1) is 12.3 Å². The van der Waals surface area contributed by atoms with E-state index in [0.29, 0.717) is 12.0 Å². The molecule has 0 unspecified atom stereocenters. The lowest BCUT2D eigenvalue weighted by atomic mass is 10.1. The topological polar surface area (TPSA) is 39.1 Å². The smallest absolute Gasteiger partial charge is 0.203 e. The first kappa shape index (κ1) is 15.4. The number of rotatable bonds is 8. The van der Waals surface area contributed by atoms with Gasteiger partial charge in [0.2, 0.25) is 5.95 Å². The average Bonchev–Trinajstić information content (AvgIpc) is 3.02. The Balaban J connectivity index is 1.75. The van der Waals surface area contributed by atoms with Crippen LogP contribution in [0.2, 0.25) is 0 Å². The average molecular weight is 279 g/mol. The highest BCUT2D eigenvalue weighted by molar-refractivity contribution is 5.29. The van der Waals surface area contributed by atoms with E-state index < -0.39 is 0 Å². The molecule has 1 saturated carbocycles. The highest BCUT2D eigenvalue weighted by Gasteiger charge is 2.19. The first-order valence-electron chi connectivity index (χ1n) is 8.04. The molecular weight excluding hydrogens is 250 g/mol. The van der Waals surface area contributed by atoms with E-state index in [2.05, 4.69) is 41.8 Å². The van der Waals surface area contributed by atoms with Gasteiger partial charge in [0.25, 0.3) is 0 Å². The summed E-state index contributed by atoms with van der Waals surface area (Å²) in [5.74, 6) is 1.73. The number of aryl methyl sites for hydroxylation is 1. The molecule has 1 aliphatic carbocycles. The van der Waals surface area contributed by atoms with Gasteiger partial charge in [-0.25, -0.2) is 4.98 Å². The van der Waals surface area contributed by atoms with Gasteiger partial charge in [0.15, 0.2) is 0 Å². The highest BCUT2D eigenvalue weighted by Crippen LogP contribution is 2.31. The van der Waals surface area contributed by atoms with Crippen molar-refractivity contribution in [2.24, 2.45) is 5.92 Å². The summed E-state index contributed by atoms with van der Waals surface area (Å²) in [5.41, 5.74) is 1.10. The molecule has 0 atom stereocenters. The molecule has 0 bridgehead atoms. The van der Waals surface area contributed by atoms with Crippen LogP contribution in [0.1, 0.15) is 57.7 Å². The van der Waals surface area contributed by atoms with Crippen molar-refractivity contribution in [2.45, 2.75) is 58.9 Å². The Morgan fingerprint density at radius 2 is 2.10 bits per heavy atom. The SMILES string of the molecule is Cc1cn(C2CCCC2)c(NCCOCCC(C)C)n1. The van der Waals surface area contributed by atoms with Gasteiger partial charge in [-0.05, 0) is 32.1 Å². The van der Waals surface area contributed by atoms with Crippen molar-refractivity contribution in [1.29, 1.82) is 0 Å². The van der Waals surface area contributed by atoms with Gasteiger partial charge in [-0.1, -0.05) is 26.7 Å². The quantitative estimate of drug-likeness (QED) is 0.736. The second-order valence-corrected chi connectivity index (χ2v) is 6.27. The summed E-state index contributed by atoms with van der Waals surface area (Å²) in [5, 5.41) is 3.43. The van der Waals surface area contributed by atoms with Crippen molar-refractivity contribution in [2.75, 3.05) is 25.1 Å². The van der Waals surface area contributed by atoms with E-state index in [1.165, 1.54) is 25.7 Å². The number of hydrogen-bond acceptors (Lipinski definition) is 3. The summed E-state index contributed by atoms with van der Waals surface area (Å²) in [4.78, 5) is 4.60. The molecule has 4 nitrogen and oxygen atoms in total. The largest absolute Gasteiger partial charge is 0.380 e. The molecule has 0 amide bonds. The van der Waals surface area contributed by atoms with Crippen molar-refractivity contribution in [3.8, 4) is 0 Å². The molecule has 1 fully saturated rings. The van der Waals surface area contributed by atoms with E-state index in [1.54, 1.807) is 0 Å². The fraction of sp³-hybridized carbons (Fsp3) is 0.812. The minimum atomic E-state index is 0.639. The van der Waals surface area contributed by atoms with Crippen LogP contribution >= 0.6 is 0 Å². The van der Waals surface area contributed by atoms with Crippen molar-refractivity contribution in [3.05, 3.63) is 11.9 Å². The summed E-state index contributed by atoms with van der Waals surface area (Å²) < 4.78 is 7.97. The molecule has 0 radical (unpaired) electrons. The summed E-state index contributed by atoms with van der Waals surface area (Å²) in [6.07, 6.45) is 8.58. The van der Waals surface area contributed by atoms with E-state index in [4.69, 9.17) is 4.74 Å². The molecule has 20 heavy (non-hydrogen) atoms. The maximum Gasteiger partial charge on any atom is 0.203 e. The number of nitrogens with zero attached hydrogens (tertiary/aromatic N) is 2. The number of ether oxygens (including phenoxy) is 1. The molecule has 0 aromatic carbocycles. The molecule has 2 rings (SSSR count). The van der Waals surface area contributed by atoms with Gasteiger partial charge in [0.1, 0.15) is 0 Å². The van der Waals surface area contributed by atoms with E-state index in [9.17, 15) is 0 Å². The minimum absolute atomic E-state index is 0.639. The van der Waals surface area contributed by atoms with E-state index in [1.807, 2.05) is 0 Å². The van der Waals surface area contributed by atoms with E-state index in [0.717, 1.165) is 37.8 Å². The second-order valence-electron chi connectivity index (χ2n) is 6.27. The second kappa shape index (κ2) is 7.67. The van der Waals surface area contributed by atoms with Gasteiger partial charge < -0.3 is 14.6 Å². The first-order chi connectivity index (χ1) is 9.66.